The van der Waals surface area contributed by atoms with E-state index in [1.165, 1.54) is 49.5 Å². The van der Waals surface area contributed by atoms with Crippen LogP contribution < -0.4 is 0 Å². The molecular weight excluding hydrogens is 462 g/mol. The highest BCUT2D eigenvalue weighted by molar-refractivity contribution is 7.89. The topological polar surface area (TPSA) is 117 Å². The first-order valence-corrected chi connectivity index (χ1v) is 12.4. The van der Waals surface area contributed by atoms with Gasteiger partial charge in [0.2, 0.25) is 15.8 Å². The summed E-state index contributed by atoms with van der Waals surface area (Å²) < 4.78 is 36.6. The highest BCUT2D eigenvalue weighted by atomic mass is 32.2. The Labute approximate surface area is 198 Å². The number of benzene rings is 1. The molecule has 0 N–H and O–H groups in total. The molecule has 0 aliphatic carbocycles. The molecular formula is C23H27N3O7S. The van der Waals surface area contributed by atoms with Crippen molar-refractivity contribution in [2.75, 3.05) is 53.5 Å². The Balaban J connectivity index is 1.61. The Morgan fingerprint density at radius 3 is 2.32 bits per heavy atom. The number of hydrogen-bond acceptors (Lipinski definition) is 8. The number of ether oxygens (including phenoxy) is 1. The lowest BCUT2D eigenvalue weighted by Crippen LogP contribution is -2.42. The lowest BCUT2D eigenvalue weighted by molar-refractivity contribution is -0.141. The lowest BCUT2D eigenvalue weighted by atomic mass is 9.89. The van der Waals surface area contributed by atoms with Crippen molar-refractivity contribution < 1.29 is 32.0 Å². The molecule has 0 radical (unpaired) electrons. The SMILES string of the molecule is CN(C)S(=O)(=O)c1ccc(C(=O)C2C(=O)C(=O)N(CCN3CCOCC3)C2c2ccco2)cc1. The predicted octanol–water partition coefficient (Wildman–Crippen LogP) is 0.814. The van der Waals surface area contributed by atoms with Crippen molar-refractivity contribution in [3.8, 4) is 0 Å². The summed E-state index contributed by atoms with van der Waals surface area (Å²) in [7, 11) is -0.840. The molecule has 2 aliphatic rings. The maximum Gasteiger partial charge on any atom is 0.291 e. The Morgan fingerprint density at radius 2 is 1.74 bits per heavy atom. The highest BCUT2D eigenvalue weighted by Crippen LogP contribution is 2.38. The van der Waals surface area contributed by atoms with Crippen LogP contribution in [0.1, 0.15) is 22.2 Å². The van der Waals surface area contributed by atoms with E-state index in [9.17, 15) is 22.8 Å². The van der Waals surface area contributed by atoms with E-state index in [4.69, 9.17) is 9.15 Å². The maximum absolute atomic E-state index is 13.4. The van der Waals surface area contributed by atoms with E-state index in [1.807, 2.05) is 0 Å². The average molecular weight is 490 g/mol. The quantitative estimate of drug-likeness (QED) is 0.304. The molecule has 1 aromatic carbocycles. The first-order chi connectivity index (χ1) is 16.2. The zero-order valence-corrected chi connectivity index (χ0v) is 19.9. The lowest BCUT2D eigenvalue weighted by Gasteiger charge is -2.30. The number of hydrogen-bond donors (Lipinski definition) is 0. The normalized spacial score (nSPS) is 22.0. The average Bonchev–Trinajstić information content (AvgIpc) is 3.45. The van der Waals surface area contributed by atoms with E-state index in [-0.39, 0.29) is 17.0 Å². The number of nitrogens with zero attached hydrogens (tertiary/aromatic N) is 3. The molecule has 10 nitrogen and oxygen atoms in total. The Morgan fingerprint density at radius 1 is 1.06 bits per heavy atom. The summed E-state index contributed by atoms with van der Waals surface area (Å²) in [4.78, 5) is 43.0. The van der Waals surface area contributed by atoms with Gasteiger partial charge in [-0.1, -0.05) is 12.1 Å². The number of furan rings is 1. The fourth-order valence-corrected chi connectivity index (χ4v) is 5.16. The molecule has 0 spiro atoms. The van der Waals surface area contributed by atoms with Crippen LogP contribution in [-0.2, 0) is 24.3 Å². The van der Waals surface area contributed by atoms with E-state index in [0.29, 0.717) is 25.5 Å². The third kappa shape index (κ3) is 4.56. The molecule has 34 heavy (non-hydrogen) atoms. The van der Waals surface area contributed by atoms with Crippen molar-refractivity contribution in [3.63, 3.8) is 0 Å². The number of amides is 1. The van der Waals surface area contributed by atoms with E-state index in [1.54, 1.807) is 12.1 Å². The second kappa shape index (κ2) is 9.79. The molecule has 0 saturated carbocycles. The number of rotatable bonds is 8. The smallest absolute Gasteiger partial charge is 0.291 e. The first-order valence-electron chi connectivity index (χ1n) is 11.0. The van der Waals surface area contributed by atoms with Gasteiger partial charge in [0.25, 0.3) is 5.91 Å². The van der Waals surface area contributed by atoms with Gasteiger partial charge < -0.3 is 14.1 Å². The number of likely N-dealkylation sites (tertiary alicyclic amines) is 1. The van der Waals surface area contributed by atoms with Crippen LogP contribution in [0.15, 0.2) is 52.0 Å². The van der Waals surface area contributed by atoms with Crippen molar-refractivity contribution in [1.29, 1.82) is 0 Å². The third-order valence-corrected chi connectivity index (χ3v) is 8.03. The van der Waals surface area contributed by atoms with E-state index < -0.39 is 39.5 Å². The van der Waals surface area contributed by atoms with Gasteiger partial charge in [-0.05, 0) is 24.3 Å². The van der Waals surface area contributed by atoms with Crippen LogP contribution in [0.5, 0.6) is 0 Å². The largest absolute Gasteiger partial charge is 0.467 e. The number of sulfonamides is 1. The molecule has 2 saturated heterocycles. The van der Waals surface area contributed by atoms with Crippen molar-refractivity contribution in [2.24, 2.45) is 5.92 Å². The van der Waals surface area contributed by atoms with Crippen LogP contribution in [0.25, 0.3) is 0 Å². The van der Waals surface area contributed by atoms with Crippen molar-refractivity contribution in [3.05, 3.63) is 54.0 Å². The molecule has 1 aromatic heterocycles. The predicted molar refractivity (Wildman–Crippen MR) is 121 cm³/mol. The van der Waals surface area contributed by atoms with Gasteiger partial charge >= 0.3 is 0 Å². The van der Waals surface area contributed by atoms with Gasteiger partial charge in [-0.2, -0.15) is 0 Å². The molecule has 2 unspecified atom stereocenters. The first kappa shape index (κ1) is 24.3. The van der Waals surface area contributed by atoms with E-state index in [2.05, 4.69) is 4.90 Å². The van der Waals surface area contributed by atoms with Crippen LogP contribution in [0.2, 0.25) is 0 Å². The maximum atomic E-state index is 13.4. The standard InChI is InChI=1S/C23H27N3O7S/c1-24(2)34(30,31)17-7-5-16(6-8-17)21(27)19-20(18-4-3-13-33-18)26(23(29)22(19)28)10-9-25-11-14-32-15-12-25/h3-8,13,19-20H,9-12,14-15H2,1-2H3. The van der Waals surface area contributed by atoms with Gasteiger partial charge in [0.1, 0.15) is 17.7 Å². The molecule has 4 rings (SSSR count). The summed E-state index contributed by atoms with van der Waals surface area (Å²) >= 11 is 0. The van der Waals surface area contributed by atoms with Gasteiger partial charge in [0.05, 0.1) is 24.4 Å². The highest BCUT2D eigenvalue weighted by Gasteiger charge is 2.52. The number of carbonyl (C=O) groups excluding carboxylic acids is 3. The summed E-state index contributed by atoms with van der Waals surface area (Å²) in [6.45, 7) is 3.47. The summed E-state index contributed by atoms with van der Waals surface area (Å²) in [5, 5.41) is 0. The molecule has 1 amide bonds. The third-order valence-electron chi connectivity index (χ3n) is 6.20. The van der Waals surface area contributed by atoms with Gasteiger partial charge in [-0.25, -0.2) is 12.7 Å². The Hall–Kier alpha value is -2.86. The number of morpholine rings is 1. The van der Waals surface area contributed by atoms with Crippen molar-refractivity contribution >= 4 is 27.5 Å². The molecule has 2 aliphatic heterocycles. The van der Waals surface area contributed by atoms with Gasteiger partial charge in [-0.3, -0.25) is 19.3 Å². The van der Waals surface area contributed by atoms with Crippen LogP contribution in [0.3, 0.4) is 0 Å². The van der Waals surface area contributed by atoms with Crippen molar-refractivity contribution in [1.82, 2.24) is 14.1 Å². The minimum absolute atomic E-state index is 0.0256. The molecule has 182 valence electrons. The zero-order valence-electron chi connectivity index (χ0n) is 19.0. The van der Waals surface area contributed by atoms with Crippen LogP contribution in [0, 0.1) is 5.92 Å². The summed E-state index contributed by atoms with van der Waals surface area (Å²) in [5.74, 6) is -2.99. The summed E-state index contributed by atoms with van der Waals surface area (Å²) in [5.41, 5.74) is 0.149. The Kier molecular flexibility index (Phi) is 6.99. The minimum atomic E-state index is -3.67. The molecule has 2 atom stereocenters. The second-order valence-corrected chi connectivity index (χ2v) is 10.6. The minimum Gasteiger partial charge on any atom is -0.467 e. The van der Waals surface area contributed by atoms with E-state index >= 15 is 0 Å². The van der Waals surface area contributed by atoms with Crippen LogP contribution in [0.4, 0.5) is 0 Å². The molecule has 2 fully saturated rings. The molecule has 0 bridgehead atoms. The summed E-state index contributed by atoms with van der Waals surface area (Å²) in [6.07, 6.45) is 1.44. The van der Waals surface area contributed by atoms with Gasteiger partial charge in [0, 0.05) is 45.8 Å². The monoisotopic (exact) mass is 489 g/mol. The second-order valence-electron chi connectivity index (χ2n) is 8.43. The zero-order chi connectivity index (χ0) is 24.5. The van der Waals surface area contributed by atoms with E-state index in [0.717, 1.165) is 17.4 Å². The molecule has 11 heteroatoms. The van der Waals surface area contributed by atoms with Gasteiger partial charge in [-0.15, -0.1) is 0 Å². The molecule has 2 aromatic rings. The van der Waals surface area contributed by atoms with Crippen LogP contribution in [-0.4, -0.2) is 93.5 Å². The number of Topliss-reactive ketones (excluding diaryl/α,β-unsaturated/α-hetero) is 2. The van der Waals surface area contributed by atoms with Crippen molar-refractivity contribution in [2.45, 2.75) is 10.9 Å². The van der Waals surface area contributed by atoms with Crippen LogP contribution >= 0.6 is 0 Å². The Bertz CT molecular complexity index is 1150. The summed E-state index contributed by atoms with van der Waals surface area (Å²) in [6, 6.07) is 7.80. The fourth-order valence-electron chi connectivity index (χ4n) is 4.26. The van der Waals surface area contributed by atoms with Gasteiger partial charge in [0.15, 0.2) is 5.78 Å². The number of carbonyl (C=O) groups is 3. The number of ketones is 2. The molecule has 3 heterocycles. The fraction of sp³-hybridized carbons (Fsp3) is 0.435.